The first-order valence-corrected chi connectivity index (χ1v) is 9.99. The van der Waals surface area contributed by atoms with Gasteiger partial charge in [0, 0.05) is 22.2 Å². The van der Waals surface area contributed by atoms with Crippen LogP contribution in [0.4, 0.5) is 0 Å². The van der Waals surface area contributed by atoms with Crippen LogP contribution in [0.3, 0.4) is 0 Å². The minimum absolute atomic E-state index is 0.406. The highest BCUT2D eigenvalue weighted by Gasteiger charge is 2.36. The van der Waals surface area contributed by atoms with Crippen LogP contribution < -0.4 is 4.74 Å². The summed E-state index contributed by atoms with van der Waals surface area (Å²) in [6.45, 7) is 3.68. The number of hydrogen-bond acceptors (Lipinski definition) is 5. The lowest BCUT2D eigenvalue weighted by molar-refractivity contribution is -0.142. The Balaban J connectivity index is 2.05. The van der Waals surface area contributed by atoms with Crippen LogP contribution in [0.2, 0.25) is 5.02 Å². The summed E-state index contributed by atoms with van der Waals surface area (Å²) in [5.74, 6) is 0.160. The molecule has 0 aliphatic carbocycles. The van der Waals surface area contributed by atoms with Gasteiger partial charge in [-0.3, -0.25) is 14.4 Å². The number of aryl methyl sites for hydroxylation is 1. The van der Waals surface area contributed by atoms with E-state index in [9.17, 15) is 9.90 Å². The van der Waals surface area contributed by atoms with Gasteiger partial charge in [0.15, 0.2) is 5.82 Å². The van der Waals surface area contributed by atoms with Crippen molar-refractivity contribution in [3.8, 4) is 11.4 Å². The van der Waals surface area contributed by atoms with E-state index in [4.69, 9.17) is 21.3 Å². The second-order valence-electron chi connectivity index (χ2n) is 7.11. The summed E-state index contributed by atoms with van der Waals surface area (Å²) in [5.41, 5.74) is 3.15. The smallest absolute Gasteiger partial charge is 0.309 e. The third kappa shape index (κ3) is 3.35. The summed E-state index contributed by atoms with van der Waals surface area (Å²) in [5, 5.41) is 19.0. The maximum atomic E-state index is 12.1. The molecular weight excluding hydrogens is 404 g/mol. The lowest BCUT2D eigenvalue weighted by Gasteiger charge is -2.18. The van der Waals surface area contributed by atoms with Crippen molar-refractivity contribution < 1.29 is 14.6 Å². The fourth-order valence-corrected chi connectivity index (χ4v) is 3.92. The largest absolute Gasteiger partial charge is 0.497 e. The van der Waals surface area contributed by atoms with Crippen molar-refractivity contribution >= 4 is 23.3 Å². The average Bonchev–Trinajstić information content (AvgIpc) is 3.05. The van der Waals surface area contributed by atoms with Gasteiger partial charge < -0.3 is 9.84 Å². The number of rotatable bonds is 5. The van der Waals surface area contributed by atoms with E-state index in [1.807, 2.05) is 48.7 Å². The zero-order valence-corrected chi connectivity index (χ0v) is 17.6. The average molecular weight is 425 g/mol. The molecule has 1 aromatic heterocycles. The molecule has 154 valence electrons. The monoisotopic (exact) mass is 424 g/mol. The molecule has 0 saturated heterocycles. The molecule has 0 amide bonds. The van der Waals surface area contributed by atoms with Gasteiger partial charge in [-0.1, -0.05) is 30.7 Å². The molecule has 1 aliphatic heterocycles. The van der Waals surface area contributed by atoms with E-state index in [0.29, 0.717) is 34.6 Å². The van der Waals surface area contributed by atoms with Crippen LogP contribution in [0.5, 0.6) is 5.75 Å². The Morgan fingerprint density at radius 2 is 1.97 bits per heavy atom. The zero-order chi connectivity index (χ0) is 21.4. The first-order chi connectivity index (χ1) is 14.4. The van der Waals surface area contributed by atoms with E-state index in [1.165, 1.54) is 0 Å². The van der Waals surface area contributed by atoms with Crippen molar-refractivity contribution in [3.63, 3.8) is 0 Å². The lowest BCUT2D eigenvalue weighted by atomic mass is 9.96. The number of aromatic nitrogens is 3. The number of carbonyl (C=O) groups is 1. The van der Waals surface area contributed by atoms with Crippen molar-refractivity contribution in [3.05, 3.63) is 70.3 Å². The number of methoxy groups -OCH3 is 1. The molecule has 0 radical (unpaired) electrons. The Labute approximate surface area is 179 Å². The molecule has 1 aliphatic rings. The number of halogens is 1. The molecule has 0 fully saturated rings. The van der Waals surface area contributed by atoms with Crippen LogP contribution in [-0.4, -0.2) is 38.7 Å². The van der Waals surface area contributed by atoms with Crippen LogP contribution in [0.1, 0.15) is 42.2 Å². The molecule has 0 saturated carbocycles. The first kappa shape index (κ1) is 20.1. The third-order valence-corrected chi connectivity index (χ3v) is 5.59. The molecular formula is C22H21ClN4O3. The number of carboxylic acid groups (broad SMARTS) is 1. The summed E-state index contributed by atoms with van der Waals surface area (Å²) in [6.07, 6.45) is 0.406. The van der Waals surface area contributed by atoms with E-state index >= 15 is 0 Å². The quantitative estimate of drug-likeness (QED) is 0.661. The lowest BCUT2D eigenvalue weighted by Crippen LogP contribution is -2.23. The standard InChI is InChI=1S/C22H21ClN4O3/c1-4-16(22(28)29)20-21-26-25-12(2)27(21)18-11-15(30-3)9-10-17(18)19(24-20)13-5-7-14(23)8-6-13/h5-11,16,20H,4H2,1-3H3,(H,28,29)/t16-,20+/m1/s1. The summed E-state index contributed by atoms with van der Waals surface area (Å²) < 4.78 is 7.31. The van der Waals surface area contributed by atoms with Gasteiger partial charge in [0.2, 0.25) is 0 Å². The van der Waals surface area contributed by atoms with Gasteiger partial charge in [0.1, 0.15) is 17.6 Å². The van der Waals surface area contributed by atoms with Gasteiger partial charge >= 0.3 is 5.97 Å². The molecule has 1 N–H and O–H groups in total. The molecule has 30 heavy (non-hydrogen) atoms. The Morgan fingerprint density at radius 1 is 1.23 bits per heavy atom. The van der Waals surface area contributed by atoms with Crippen molar-refractivity contribution in [2.45, 2.75) is 26.3 Å². The van der Waals surface area contributed by atoms with E-state index in [0.717, 1.165) is 16.8 Å². The molecule has 8 heteroatoms. The fraction of sp³-hybridized carbons (Fsp3) is 0.273. The first-order valence-electron chi connectivity index (χ1n) is 9.61. The van der Waals surface area contributed by atoms with Crippen LogP contribution in [0.25, 0.3) is 5.69 Å². The predicted octanol–water partition coefficient (Wildman–Crippen LogP) is 4.24. The highest BCUT2D eigenvalue weighted by Crippen LogP contribution is 2.37. The summed E-state index contributed by atoms with van der Waals surface area (Å²) in [4.78, 5) is 17.0. The van der Waals surface area contributed by atoms with Gasteiger partial charge in [-0.2, -0.15) is 0 Å². The Morgan fingerprint density at radius 3 is 2.60 bits per heavy atom. The number of carboxylic acids is 1. The van der Waals surface area contributed by atoms with Crippen molar-refractivity contribution in [2.75, 3.05) is 7.11 Å². The molecule has 2 aromatic carbocycles. The van der Waals surface area contributed by atoms with Crippen molar-refractivity contribution in [1.82, 2.24) is 14.8 Å². The number of fused-ring (bicyclic) bond motifs is 3. The summed E-state index contributed by atoms with van der Waals surface area (Å²) >= 11 is 6.09. The van der Waals surface area contributed by atoms with Gasteiger partial charge in [-0.25, -0.2) is 0 Å². The van der Waals surface area contributed by atoms with E-state index in [2.05, 4.69) is 10.2 Å². The van der Waals surface area contributed by atoms with Gasteiger partial charge in [0.05, 0.1) is 24.4 Å². The van der Waals surface area contributed by atoms with Gasteiger partial charge in [-0.05, 0) is 37.6 Å². The van der Waals surface area contributed by atoms with Crippen molar-refractivity contribution in [2.24, 2.45) is 10.9 Å². The highest BCUT2D eigenvalue weighted by atomic mass is 35.5. The van der Waals surface area contributed by atoms with Crippen LogP contribution in [0.15, 0.2) is 47.5 Å². The number of aliphatic carboxylic acids is 1. The highest BCUT2D eigenvalue weighted by molar-refractivity contribution is 6.30. The normalized spacial score (nSPS) is 16.1. The Bertz CT molecular complexity index is 1140. The SMILES string of the molecule is CC[C@@H](C(=O)O)[C@@H]1N=C(c2ccc(Cl)cc2)c2ccc(OC)cc2-n2c(C)nnc21. The Hall–Kier alpha value is -3.19. The minimum Gasteiger partial charge on any atom is -0.497 e. The van der Waals surface area contributed by atoms with Crippen LogP contribution >= 0.6 is 11.6 Å². The topological polar surface area (TPSA) is 89.6 Å². The van der Waals surface area contributed by atoms with Gasteiger partial charge in [-0.15, -0.1) is 10.2 Å². The van der Waals surface area contributed by atoms with Gasteiger partial charge in [0.25, 0.3) is 0 Å². The fourth-order valence-electron chi connectivity index (χ4n) is 3.80. The van der Waals surface area contributed by atoms with E-state index in [-0.39, 0.29) is 0 Å². The molecule has 4 rings (SSSR count). The molecule has 2 atom stereocenters. The molecule has 0 bridgehead atoms. The maximum absolute atomic E-state index is 12.1. The van der Waals surface area contributed by atoms with Crippen LogP contribution in [0, 0.1) is 12.8 Å². The summed E-state index contributed by atoms with van der Waals surface area (Å²) in [6, 6.07) is 12.3. The number of hydrogen-bond donors (Lipinski definition) is 1. The third-order valence-electron chi connectivity index (χ3n) is 5.34. The second kappa shape index (κ2) is 7.91. The molecule has 2 heterocycles. The number of nitrogens with zero attached hydrogens (tertiary/aromatic N) is 4. The predicted molar refractivity (Wildman–Crippen MR) is 114 cm³/mol. The number of ether oxygens (including phenoxy) is 1. The molecule has 0 unspecified atom stereocenters. The second-order valence-corrected chi connectivity index (χ2v) is 7.54. The number of benzene rings is 2. The maximum Gasteiger partial charge on any atom is 0.309 e. The summed E-state index contributed by atoms with van der Waals surface area (Å²) in [7, 11) is 1.60. The molecule has 0 spiro atoms. The van der Waals surface area contributed by atoms with E-state index in [1.54, 1.807) is 19.2 Å². The zero-order valence-electron chi connectivity index (χ0n) is 16.8. The minimum atomic E-state index is -0.919. The number of aliphatic imine (C=N–C) groups is 1. The molecule has 3 aromatic rings. The van der Waals surface area contributed by atoms with Crippen LogP contribution in [-0.2, 0) is 4.79 Å². The van der Waals surface area contributed by atoms with E-state index < -0.39 is 17.9 Å². The molecule has 7 nitrogen and oxygen atoms in total. The Kier molecular flexibility index (Phi) is 5.30. The van der Waals surface area contributed by atoms with Crippen molar-refractivity contribution in [1.29, 1.82) is 0 Å².